The number of ether oxygens (including phenoxy) is 2. The van der Waals surface area contributed by atoms with Gasteiger partial charge in [0.05, 0.1) is 29.7 Å². The summed E-state index contributed by atoms with van der Waals surface area (Å²) in [5.41, 5.74) is -1.24. The standard InChI is InChI=1S/C34H40F3N5O4/c1-31(2,3)27(39-30(44)46-32(4)11-8-12-32)20-13-24-25(26(14-20)34(35,36)37)18-42(28(24)43)22-10-7-9-21(15-22)33(16-23(17-33)45-6)29-40-38-19-41(29)5/h7,9-10,13-15,19,23,27H,8,11-12,16-18H2,1-6H3,(H,39,44). The summed E-state index contributed by atoms with van der Waals surface area (Å²) in [4.78, 5) is 28.3. The molecule has 3 aliphatic rings. The lowest BCUT2D eigenvalue weighted by Gasteiger charge is -2.46. The van der Waals surface area contributed by atoms with Gasteiger partial charge in [-0.25, -0.2) is 4.79 Å². The average Bonchev–Trinajstić information content (AvgIpc) is 3.52. The Hall–Kier alpha value is -3.93. The number of aromatic nitrogens is 3. The molecule has 2 aromatic carbocycles. The van der Waals surface area contributed by atoms with Crippen LogP contribution in [0.25, 0.3) is 0 Å². The molecule has 2 aliphatic carbocycles. The quantitative estimate of drug-likeness (QED) is 0.304. The molecule has 1 aliphatic heterocycles. The fourth-order valence-electron chi connectivity index (χ4n) is 7.13. The number of amides is 2. The van der Waals surface area contributed by atoms with Gasteiger partial charge in [0, 0.05) is 25.4 Å². The number of benzene rings is 2. The van der Waals surface area contributed by atoms with E-state index in [0.717, 1.165) is 36.7 Å². The minimum atomic E-state index is -4.73. The van der Waals surface area contributed by atoms with Crippen LogP contribution in [-0.4, -0.2) is 45.6 Å². The van der Waals surface area contributed by atoms with Gasteiger partial charge in [-0.2, -0.15) is 13.2 Å². The second kappa shape index (κ2) is 11.1. The summed E-state index contributed by atoms with van der Waals surface area (Å²) < 4.78 is 57.0. The number of nitrogens with one attached hydrogen (secondary N) is 1. The van der Waals surface area contributed by atoms with E-state index in [1.54, 1.807) is 19.5 Å². The highest BCUT2D eigenvalue weighted by Crippen LogP contribution is 2.50. The maximum absolute atomic E-state index is 14.6. The predicted octanol–water partition coefficient (Wildman–Crippen LogP) is 6.85. The van der Waals surface area contributed by atoms with Gasteiger partial charge in [-0.3, -0.25) is 4.79 Å². The molecule has 1 aromatic heterocycles. The van der Waals surface area contributed by atoms with Crippen LogP contribution >= 0.6 is 0 Å². The number of methoxy groups -OCH3 is 1. The van der Waals surface area contributed by atoms with E-state index in [1.165, 1.54) is 11.0 Å². The molecule has 2 heterocycles. The molecular weight excluding hydrogens is 599 g/mol. The summed E-state index contributed by atoms with van der Waals surface area (Å²) in [6, 6.07) is 9.05. The number of halogens is 3. The van der Waals surface area contributed by atoms with E-state index in [1.807, 2.05) is 57.5 Å². The molecule has 1 N–H and O–H groups in total. The number of nitrogens with zero attached hydrogens (tertiary/aromatic N) is 4. The van der Waals surface area contributed by atoms with Gasteiger partial charge in [0.1, 0.15) is 17.8 Å². The van der Waals surface area contributed by atoms with Gasteiger partial charge >= 0.3 is 12.3 Å². The Bertz CT molecular complexity index is 1670. The maximum atomic E-state index is 14.6. The molecule has 1 atom stereocenters. The molecule has 0 saturated heterocycles. The maximum Gasteiger partial charge on any atom is 0.416 e. The van der Waals surface area contributed by atoms with Crippen molar-refractivity contribution < 1.29 is 32.2 Å². The molecule has 0 spiro atoms. The van der Waals surface area contributed by atoms with Gasteiger partial charge in [0.2, 0.25) is 0 Å². The van der Waals surface area contributed by atoms with Gasteiger partial charge in [0.15, 0.2) is 0 Å². The number of hydrogen-bond acceptors (Lipinski definition) is 6. The highest BCUT2D eigenvalue weighted by atomic mass is 19.4. The van der Waals surface area contributed by atoms with E-state index in [2.05, 4.69) is 15.5 Å². The van der Waals surface area contributed by atoms with Crippen molar-refractivity contribution in [3.63, 3.8) is 0 Å². The second-order valence-corrected chi connectivity index (χ2v) is 14.3. The van der Waals surface area contributed by atoms with E-state index in [9.17, 15) is 22.8 Å². The molecule has 46 heavy (non-hydrogen) atoms. The van der Waals surface area contributed by atoms with Gasteiger partial charge < -0.3 is 24.3 Å². The predicted molar refractivity (Wildman–Crippen MR) is 164 cm³/mol. The van der Waals surface area contributed by atoms with Crippen LogP contribution in [-0.2, 0) is 34.7 Å². The average molecular weight is 640 g/mol. The number of fused-ring (bicyclic) bond motifs is 1. The van der Waals surface area contributed by atoms with Gasteiger partial charge in [0.25, 0.3) is 5.91 Å². The van der Waals surface area contributed by atoms with Crippen molar-refractivity contribution in [2.45, 2.75) is 95.7 Å². The molecule has 2 amide bonds. The van der Waals surface area contributed by atoms with Crippen LogP contribution in [0.3, 0.4) is 0 Å². The Kier molecular flexibility index (Phi) is 7.73. The van der Waals surface area contributed by atoms with Crippen molar-refractivity contribution >= 4 is 17.7 Å². The first-order valence-electron chi connectivity index (χ1n) is 15.6. The molecule has 246 valence electrons. The van der Waals surface area contributed by atoms with E-state index >= 15 is 0 Å². The lowest BCUT2D eigenvalue weighted by atomic mass is 9.62. The molecule has 2 fully saturated rings. The molecule has 9 nitrogen and oxygen atoms in total. The molecule has 2 saturated carbocycles. The highest BCUT2D eigenvalue weighted by molar-refractivity contribution is 6.10. The van der Waals surface area contributed by atoms with Crippen molar-refractivity contribution in [3.8, 4) is 0 Å². The number of hydrogen-bond donors (Lipinski definition) is 1. The molecule has 3 aromatic rings. The number of carbonyl (C=O) groups excluding carboxylic acids is 2. The molecule has 6 rings (SSSR count). The molecule has 1 unspecified atom stereocenters. The Balaban J connectivity index is 1.36. The first-order valence-corrected chi connectivity index (χ1v) is 15.6. The number of aryl methyl sites for hydroxylation is 1. The van der Waals surface area contributed by atoms with Crippen LogP contribution in [0.5, 0.6) is 0 Å². The van der Waals surface area contributed by atoms with E-state index in [0.29, 0.717) is 18.5 Å². The summed E-state index contributed by atoms with van der Waals surface area (Å²) in [5.74, 6) is 0.219. The van der Waals surface area contributed by atoms with Crippen molar-refractivity contribution in [3.05, 3.63) is 76.4 Å². The van der Waals surface area contributed by atoms with Crippen LogP contribution in [0.1, 0.15) is 104 Å². The summed E-state index contributed by atoms with van der Waals surface area (Å²) in [5, 5.41) is 11.3. The van der Waals surface area contributed by atoms with E-state index in [-0.39, 0.29) is 29.3 Å². The summed E-state index contributed by atoms with van der Waals surface area (Å²) in [7, 11) is 3.52. The van der Waals surface area contributed by atoms with Gasteiger partial charge in [-0.05, 0) is 85.4 Å². The minimum Gasteiger partial charge on any atom is -0.443 e. The van der Waals surface area contributed by atoms with E-state index in [4.69, 9.17) is 9.47 Å². The third-order valence-corrected chi connectivity index (χ3v) is 9.92. The van der Waals surface area contributed by atoms with Crippen LogP contribution < -0.4 is 10.2 Å². The summed E-state index contributed by atoms with van der Waals surface area (Å²) in [6.07, 6.45) is -0.0552. The lowest BCUT2D eigenvalue weighted by molar-refractivity contribution is -0.138. The largest absolute Gasteiger partial charge is 0.443 e. The highest BCUT2D eigenvalue weighted by Gasteiger charge is 2.51. The normalized spacial score (nSPS) is 22.9. The number of alkyl carbamates (subject to hydrolysis) is 1. The third kappa shape index (κ3) is 5.54. The Labute approximate surface area is 266 Å². The molecular formula is C34H40F3N5O4. The Morgan fingerprint density at radius 3 is 2.41 bits per heavy atom. The number of rotatable bonds is 7. The fraction of sp³-hybridized carbons (Fsp3) is 0.529. The smallest absolute Gasteiger partial charge is 0.416 e. The monoisotopic (exact) mass is 639 g/mol. The third-order valence-electron chi connectivity index (χ3n) is 9.92. The lowest BCUT2D eigenvalue weighted by Crippen LogP contribution is -2.48. The second-order valence-electron chi connectivity index (χ2n) is 14.3. The topological polar surface area (TPSA) is 98.6 Å². The summed E-state index contributed by atoms with van der Waals surface area (Å²) in [6.45, 7) is 7.08. The number of alkyl halides is 3. The summed E-state index contributed by atoms with van der Waals surface area (Å²) >= 11 is 0. The van der Waals surface area contributed by atoms with E-state index < -0.39 is 46.2 Å². The zero-order valence-electron chi connectivity index (χ0n) is 27.0. The van der Waals surface area contributed by atoms with Gasteiger partial charge in [-0.15, -0.1) is 10.2 Å². The van der Waals surface area contributed by atoms with Crippen LogP contribution in [0.4, 0.5) is 23.7 Å². The number of anilines is 1. The zero-order valence-corrected chi connectivity index (χ0v) is 27.0. The SMILES string of the molecule is COC1CC(c2cccc(N3Cc4c(cc(C(NC(=O)OC5(C)CCC5)C(C)(C)C)cc4C(F)(F)F)C3=O)c2)(c2nncn2C)C1. The Morgan fingerprint density at radius 2 is 1.85 bits per heavy atom. The van der Waals surface area contributed by atoms with Crippen LogP contribution in [0.15, 0.2) is 42.7 Å². The van der Waals surface area contributed by atoms with Crippen molar-refractivity contribution in [2.24, 2.45) is 12.5 Å². The molecule has 12 heteroatoms. The zero-order chi connectivity index (χ0) is 33.2. The fourth-order valence-corrected chi connectivity index (χ4v) is 7.13. The van der Waals surface area contributed by atoms with Crippen molar-refractivity contribution in [2.75, 3.05) is 12.0 Å². The first kappa shape index (κ1) is 32.0. The molecule has 0 bridgehead atoms. The van der Waals surface area contributed by atoms with Crippen molar-refractivity contribution in [1.82, 2.24) is 20.1 Å². The van der Waals surface area contributed by atoms with Crippen LogP contribution in [0, 0.1) is 5.41 Å². The van der Waals surface area contributed by atoms with Crippen LogP contribution in [0.2, 0.25) is 0 Å². The first-order chi connectivity index (χ1) is 21.5. The van der Waals surface area contributed by atoms with Gasteiger partial charge in [-0.1, -0.05) is 32.9 Å². The van der Waals surface area contributed by atoms with Crippen molar-refractivity contribution in [1.29, 1.82) is 0 Å². The molecule has 0 radical (unpaired) electrons. The minimum absolute atomic E-state index is 0.0176. The Morgan fingerprint density at radius 1 is 1.13 bits per heavy atom. The number of carbonyl (C=O) groups is 2.